The van der Waals surface area contributed by atoms with Crippen LogP contribution in [-0.4, -0.2) is 36.6 Å². The lowest BCUT2D eigenvalue weighted by Gasteiger charge is -2.28. The highest BCUT2D eigenvalue weighted by atomic mass is 32.1. The van der Waals surface area contributed by atoms with E-state index in [0.717, 1.165) is 13.1 Å². The Morgan fingerprint density at radius 2 is 2.10 bits per heavy atom. The van der Waals surface area contributed by atoms with Crippen molar-refractivity contribution in [2.24, 2.45) is 0 Å². The Morgan fingerprint density at radius 3 is 2.60 bits per heavy atom. The number of hydrogen-bond acceptors (Lipinski definition) is 4. The zero-order chi connectivity index (χ0) is 7.40. The van der Waals surface area contributed by atoms with Crippen LogP contribution in [0.3, 0.4) is 0 Å². The van der Waals surface area contributed by atoms with Gasteiger partial charge in [-0.15, -0.1) is 0 Å². The fourth-order valence-corrected chi connectivity index (χ4v) is 0.933. The number of hydrogen-bond donors (Lipinski definition) is 1. The Kier molecular flexibility index (Phi) is 2.85. The van der Waals surface area contributed by atoms with Crippen molar-refractivity contribution in [2.45, 2.75) is 0 Å². The molecule has 1 aliphatic rings. The molecule has 1 N–H and O–H groups in total. The van der Waals surface area contributed by atoms with Crippen LogP contribution in [0.5, 0.6) is 0 Å². The first-order valence-electron chi connectivity index (χ1n) is 3.09. The van der Waals surface area contributed by atoms with Gasteiger partial charge in [-0.05, 0) is 0 Å². The van der Waals surface area contributed by atoms with Gasteiger partial charge in [-0.1, -0.05) is 0 Å². The normalized spacial score (nSPS) is 20.4. The Morgan fingerprint density at radius 1 is 1.50 bits per heavy atom. The minimum absolute atomic E-state index is 0.429. The number of carbonyl (C=O) groups excluding carboxylic acids is 1. The molecule has 0 atom stereocenters. The van der Waals surface area contributed by atoms with Crippen LogP contribution in [0.25, 0.3) is 0 Å². The van der Waals surface area contributed by atoms with Gasteiger partial charge in [-0.2, -0.15) is 0 Å². The Labute approximate surface area is 64.9 Å². The molecule has 1 heterocycles. The largest absolute Gasteiger partial charge is 0.718 e. The van der Waals surface area contributed by atoms with Crippen LogP contribution < -0.4 is 5.43 Å². The second kappa shape index (κ2) is 3.70. The highest BCUT2D eigenvalue weighted by molar-refractivity contribution is 7.76. The lowest BCUT2D eigenvalue weighted by Crippen LogP contribution is -2.47. The summed E-state index contributed by atoms with van der Waals surface area (Å²) in [6, 6.07) is 0. The van der Waals surface area contributed by atoms with Crippen molar-refractivity contribution in [3.63, 3.8) is 0 Å². The van der Waals surface area contributed by atoms with Crippen molar-refractivity contribution in [3.05, 3.63) is 0 Å². The number of nitrogens with one attached hydrogen (secondary N) is 1. The van der Waals surface area contributed by atoms with Crippen molar-refractivity contribution < 1.29 is 9.53 Å². The first-order chi connectivity index (χ1) is 4.79. The number of hydrazine groups is 1. The van der Waals surface area contributed by atoms with E-state index < -0.39 is 5.24 Å². The van der Waals surface area contributed by atoms with E-state index >= 15 is 0 Å². The van der Waals surface area contributed by atoms with E-state index in [4.69, 9.17) is 4.74 Å². The Balaban J connectivity index is 2.19. The molecule has 0 bridgehead atoms. The first-order valence-corrected chi connectivity index (χ1v) is 3.50. The quantitative estimate of drug-likeness (QED) is 0.526. The van der Waals surface area contributed by atoms with Crippen molar-refractivity contribution in [2.75, 3.05) is 26.3 Å². The molecule has 0 unspecified atom stereocenters. The molecule has 0 aromatic rings. The van der Waals surface area contributed by atoms with E-state index in [1.807, 2.05) is 0 Å². The SMILES string of the molecule is O=C([S-])NN1CCOCC1. The molecule has 1 amide bonds. The third-order valence-corrected chi connectivity index (χ3v) is 1.35. The van der Waals surface area contributed by atoms with Crippen LogP contribution in [0.4, 0.5) is 4.79 Å². The van der Waals surface area contributed by atoms with Gasteiger partial charge in [0.1, 0.15) is 5.24 Å². The summed E-state index contributed by atoms with van der Waals surface area (Å²) in [5.74, 6) is 0. The molecule has 4 nitrogen and oxygen atoms in total. The summed E-state index contributed by atoms with van der Waals surface area (Å²) in [6.45, 7) is 2.77. The highest BCUT2D eigenvalue weighted by Crippen LogP contribution is 1.91. The highest BCUT2D eigenvalue weighted by Gasteiger charge is 2.07. The predicted molar refractivity (Wildman–Crippen MR) is 38.3 cm³/mol. The maximum absolute atomic E-state index is 10.3. The van der Waals surface area contributed by atoms with E-state index in [1.54, 1.807) is 5.01 Å². The topological polar surface area (TPSA) is 41.6 Å². The van der Waals surface area contributed by atoms with Gasteiger partial charge in [0.25, 0.3) is 0 Å². The summed E-state index contributed by atoms with van der Waals surface area (Å²) in [7, 11) is 0. The molecule has 5 heteroatoms. The van der Waals surface area contributed by atoms with E-state index in [0.29, 0.717) is 13.2 Å². The second-order valence-electron chi connectivity index (χ2n) is 2.00. The molecule has 1 rings (SSSR count). The first kappa shape index (κ1) is 7.71. The molecule has 1 fully saturated rings. The van der Waals surface area contributed by atoms with Crippen LogP contribution in [0.1, 0.15) is 0 Å². The number of carbonyl (C=O) groups is 1. The van der Waals surface area contributed by atoms with Crippen LogP contribution in [0, 0.1) is 0 Å². The van der Waals surface area contributed by atoms with E-state index in [9.17, 15) is 4.79 Å². The Bertz CT molecular complexity index is 125. The lowest BCUT2D eigenvalue weighted by atomic mass is 10.5. The maximum atomic E-state index is 10.3. The van der Waals surface area contributed by atoms with Gasteiger partial charge in [0, 0.05) is 13.1 Å². The van der Waals surface area contributed by atoms with E-state index in [2.05, 4.69) is 18.1 Å². The van der Waals surface area contributed by atoms with Gasteiger partial charge in [-0.3, -0.25) is 0 Å². The molecule has 0 saturated carbocycles. The average molecular weight is 161 g/mol. The molecular weight excluding hydrogens is 152 g/mol. The molecule has 0 aromatic heterocycles. The fourth-order valence-electron chi connectivity index (χ4n) is 0.804. The maximum Gasteiger partial charge on any atom is 0.113 e. The summed E-state index contributed by atoms with van der Waals surface area (Å²) < 4.78 is 5.05. The number of ether oxygens (including phenoxy) is 1. The predicted octanol–water partition coefficient (Wildman–Crippen LogP) is -0.510. The average Bonchev–Trinajstić information content (AvgIpc) is 1.88. The molecule has 58 valence electrons. The van der Waals surface area contributed by atoms with Gasteiger partial charge >= 0.3 is 0 Å². The van der Waals surface area contributed by atoms with Crippen LogP contribution in [0.15, 0.2) is 0 Å². The summed E-state index contributed by atoms with van der Waals surface area (Å²) in [5.41, 5.74) is 2.51. The van der Waals surface area contributed by atoms with Crippen LogP contribution in [-0.2, 0) is 17.4 Å². The van der Waals surface area contributed by atoms with Gasteiger partial charge in [-0.25, -0.2) is 5.01 Å². The number of amides is 1. The number of rotatable bonds is 1. The molecule has 0 aromatic carbocycles. The van der Waals surface area contributed by atoms with Crippen molar-refractivity contribution in [1.82, 2.24) is 10.4 Å². The summed E-state index contributed by atoms with van der Waals surface area (Å²) in [6.07, 6.45) is 0. The van der Waals surface area contributed by atoms with Gasteiger partial charge < -0.3 is 27.6 Å². The zero-order valence-corrected chi connectivity index (χ0v) is 6.32. The lowest BCUT2D eigenvalue weighted by molar-refractivity contribution is 0.0218. The number of nitrogens with zero attached hydrogens (tertiary/aromatic N) is 1. The van der Waals surface area contributed by atoms with Gasteiger partial charge in [0.15, 0.2) is 0 Å². The molecule has 1 saturated heterocycles. The van der Waals surface area contributed by atoms with Crippen LogP contribution >= 0.6 is 0 Å². The minimum atomic E-state index is -0.429. The second-order valence-corrected chi connectivity index (χ2v) is 2.37. The summed E-state index contributed by atoms with van der Waals surface area (Å²) >= 11 is 4.33. The molecule has 10 heavy (non-hydrogen) atoms. The zero-order valence-electron chi connectivity index (χ0n) is 5.50. The molecular formula is C5H9N2O2S-. The molecule has 0 aliphatic carbocycles. The van der Waals surface area contributed by atoms with Gasteiger partial charge in [0.05, 0.1) is 13.2 Å². The Hall–Kier alpha value is -0.390. The third kappa shape index (κ3) is 2.47. The standard InChI is InChI=1S/C5H10N2O2S/c8-5(10)6-7-1-3-9-4-2-7/h1-4H2,(H2,6,8,10)/p-1. The van der Waals surface area contributed by atoms with Crippen LogP contribution in [0.2, 0.25) is 0 Å². The fraction of sp³-hybridized carbons (Fsp3) is 0.800. The summed E-state index contributed by atoms with van der Waals surface area (Å²) in [4.78, 5) is 10.3. The van der Waals surface area contributed by atoms with Crippen molar-refractivity contribution >= 4 is 17.9 Å². The minimum Gasteiger partial charge on any atom is -0.718 e. The molecule has 1 aliphatic heterocycles. The summed E-state index contributed by atoms with van der Waals surface area (Å²) in [5, 5.41) is 1.33. The molecule has 0 radical (unpaired) electrons. The van der Waals surface area contributed by atoms with E-state index in [-0.39, 0.29) is 0 Å². The monoisotopic (exact) mass is 161 g/mol. The number of morpholine rings is 1. The van der Waals surface area contributed by atoms with Crippen molar-refractivity contribution in [3.8, 4) is 0 Å². The van der Waals surface area contributed by atoms with Gasteiger partial charge in [0.2, 0.25) is 0 Å². The third-order valence-electron chi connectivity index (χ3n) is 1.26. The van der Waals surface area contributed by atoms with Crippen molar-refractivity contribution in [1.29, 1.82) is 0 Å². The smallest absolute Gasteiger partial charge is 0.113 e. The molecule has 0 spiro atoms. The van der Waals surface area contributed by atoms with E-state index in [1.165, 1.54) is 0 Å².